The van der Waals surface area contributed by atoms with Crippen LogP contribution >= 0.6 is 0 Å². The summed E-state index contributed by atoms with van der Waals surface area (Å²) >= 11 is 0. The molecule has 0 fully saturated rings. The summed E-state index contributed by atoms with van der Waals surface area (Å²) in [4.78, 5) is 14.3. The molecule has 0 atom stereocenters. The van der Waals surface area contributed by atoms with Crippen LogP contribution in [0.3, 0.4) is 0 Å². The number of ether oxygens (including phenoxy) is 1. The number of imidazole rings is 1. The SMILES string of the molecule is COc1ccccc1NC(=O)c1c(-c2ccc3c(c2)CCCC3)c2c3n(c(-c4ccccc4)cn13)CCCC2. The lowest BCUT2D eigenvalue weighted by Crippen LogP contribution is -2.16. The third-order valence-corrected chi connectivity index (χ3v) is 8.41. The summed E-state index contributed by atoms with van der Waals surface area (Å²) in [6.45, 7) is 0.939. The van der Waals surface area contributed by atoms with E-state index in [9.17, 15) is 4.79 Å². The number of hydrogen-bond donors (Lipinski definition) is 1. The Bertz CT molecular complexity index is 1690. The van der Waals surface area contributed by atoms with E-state index in [1.807, 2.05) is 30.3 Å². The number of carbonyl (C=O) groups is 1. The van der Waals surface area contributed by atoms with Crippen molar-refractivity contribution in [3.8, 4) is 28.1 Å². The fraction of sp³-hybridized carbons (Fsp3) is 0.265. The molecule has 0 saturated heterocycles. The maximum Gasteiger partial charge on any atom is 0.273 e. The molecule has 5 heteroatoms. The Morgan fingerprint density at radius 1 is 0.821 bits per heavy atom. The first-order valence-electron chi connectivity index (χ1n) is 14.1. The van der Waals surface area contributed by atoms with Gasteiger partial charge in [-0.3, -0.25) is 9.20 Å². The van der Waals surface area contributed by atoms with Gasteiger partial charge in [-0.25, -0.2) is 0 Å². The van der Waals surface area contributed by atoms with Crippen LogP contribution in [0, 0.1) is 0 Å². The van der Waals surface area contributed by atoms with E-state index < -0.39 is 0 Å². The number of benzene rings is 3. The van der Waals surface area contributed by atoms with Crippen LogP contribution in [0.5, 0.6) is 5.75 Å². The van der Waals surface area contributed by atoms with Gasteiger partial charge in [0.05, 0.1) is 18.5 Å². The van der Waals surface area contributed by atoms with E-state index in [4.69, 9.17) is 4.74 Å². The van der Waals surface area contributed by atoms with Crippen LogP contribution in [0.2, 0.25) is 0 Å². The Morgan fingerprint density at radius 3 is 2.44 bits per heavy atom. The molecule has 1 aliphatic heterocycles. The highest BCUT2D eigenvalue weighted by Crippen LogP contribution is 2.41. The predicted molar refractivity (Wildman–Crippen MR) is 157 cm³/mol. The molecule has 1 N–H and O–H groups in total. The van der Waals surface area contributed by atoms with Gasteiger partial charge < -0.3 is 14.6 Å². The quantitative estimate of drug-likeness (QED) is 0.263. The van der Waals surface area contributed by atoms with Crippen LogP contribution in [0.4, 0.5) is 5.69 Å². The predicted octanol–water partition coefficient (Wildman–Crippen LogP) is 7.55. The number of carbonyl (C=O) groups excluding carboxylic acids is 1. The van der Waals surface area contributed by atoms with Gasteiger partial charge in [0.1, 0.15) is 17.1 Å². The van der Waals surface area contributed by atoms with Crippen molar-refractivity contribution in [3.63, 3.8) is 0 Å². The summed E-state index contributed by atoms with van der Waals surface area (Å²) in [5.41, 5.74) is 11.2. The van der Waals surface area contributed by atoms with Crippen molar-refractivity contribution in [1.82, 2.24) is 8.97 Å². The number of aryl methyl sites for hydroxylation is 4. The molecule has 7 rings (SSSR count). The third kappa shape index (κ3) is 4.04. The van der Waals surface area contributed by atoms with Gasteiger partial charge in [-0.1, -0.05) is 60.7 Å². The lowest BCUT2D eigenvalue weighted by atomic mass is 9.88. The van der Waals surface area contributed by atoms with Gasteiger partial charge in [0.25, 0.3) is 5.91 Å². The maximum atomic E-state index is 14.3. The third-order valence-electron chi connectivity index (χ3n) is 8.41. The molecule has 3 aromatic carbocycles. The van der Waals surface area contributed by atoms with Crippen molar-refractivity contribution in [2.24, 2.45) is 0 Å². The maximum absolute atomic E-state index is 14.3. The first-order chi connectivity index (χ1) is 19.2. The zero-order valence-corrected chi connectivity index (χ0v) is 22.4. The molecule has 196 valence electrons. The second-order valence-electron chi connectivity index (χ2n) is 10.7. The summed E-state index contributed by atoms with van der Waals surface area (Å²) in [5, 5.41) is 3.19. The topological polar surface area (TPSA) is 47.7 Å². The van der Waals surface area contributed by atoms with Gasteiger partial charge in [-0.2, -0.15) is 0 Å². The summed E-state index contributed by atoms with van der Waals surface area (Å²) in [5.74, 6) is 0.531. The molecule has 2 aliphatic rings. The average Bonchev–Trinajstić information content (AvgIpc) is 3.41. The summed E-state index contributed by atoms with van der Waals surface area (Å²) < 4.78 is 10.1. The second kappa shape index (κ2) is 9.81. The molecule has 5 aromatic rings. The first-order valence-corrected chi connectivity index (χ1v) is 14.1. The van der Waals surface area contributed by atoms with Crippen LogP contribution in [-0.2, 0) is 25.8 Å². The molecular weight excluding hydrogens is 482 g/mol. The Balaban J connectivity index is 1.47. The molecule has 1 amide bonds. The van der Waals surface area contributed by atoms with Crippen LogP contribution in [0.15, 0.2) is 79.0 Å². The molecular formula is C34H33N3O2. The molecule has 2 aromatic heterocycles. The molecule has 1 aliphatic carbocycles. The van der Waals surface area contributed by atoms with Gasteiger partial charge in [0, 0.05) is 23.9 Å². The van der Waals surface area contributed by atoms with E-state index in [2.05, 4.69) is 62.9 Å². The molecule has 0 saturated carbocycles. The summed E-state index contributed by atoms with van der Waals surface area (Å²) in [7, 11) is 1.63. The first kappa shape index (κ1) is 23.8. The largest absolute Gasteiger partial charge is 0.495 e. The highest BCUT2D eigenvalue weighted by molar-refractivity contribution is 6.10. The lowest BCUT2D eigenvalue weighted by molar-refractivity contribution is 0.102. The van der Waals surface area contributed by atoms with Gasteiger partial charge in [0.2, 0.25) is 0 Å². The van der Waals surface area contributed by atoms with Crippen molar-refractivity contribution in [2.45, 2.75) is 51.5 Å². The monoisotopic (exact) mass is 515 g/mol. The van der Waals surface area contributed by atoms with E-state index in [-0.39, 0.29) is 5.91 Å². The molecule has 5 nitrogen and oxygen atoms in total. The number of nitrogens with zero attached hydrogens (tertiary/aromatic N) is 2. The number of hydrogen-bond acceptors (Lipinski definition) is 2. The molecule has 0 radical (unpaired) electrons. The number of rotatable bonds is 5. The van der Waals surface area contributed by atoms with Crippen molar-refractivity contribution in [3.05, 3.63) is 101 Å². The molecule has 0 unspecified atom stereocenters. The minimum atomic E-state index is -0.120. The standard InChI is InChI=1S/C34H33N3O2/c1-39-30-17-8-7-16-28(30)35-33(38)32-31(26-19-18-23-11-5-6-14-25(23)21-26)27-15-9-10-20-36-29(22-37(32)34(27)36)24-12-3-2-4-13-24/h2-4,7-8,12-13,16-19,21-22H,5-6,9-11,14-15,20H2,1H3,(H,35,38). The molecule has 0 bridgehead atoms. The Kier molecular flexibility index (Phi) is 5.99. The van der Waals surface area contributed by atoms with Crippen molar-refractivity contribution in [2.75, 3.05) is 12.4 Å². The fourth-order valence-electron chi connectivity index (χ4n) is 6.58. The molecule has 0 spiro atoms. The zero-order chi connectivity index (χ0) is 26.3. The van der Waals surface area contributed by atoms with Gasteiger partial charge in [-0.05, 0) is 79.3 Å². The van der Waals surface area contributed by atoms with Gasteiger partial charge in [0.15, 0.2) is 0 Å². The van der Waals surface area contributed by atoms with Crippen LogP contribution in [0.1, 0.15) is 52.9 Å². The normalized spacial score (nSPS) is 14.6. The minimum Gasteiger partial charge on any atom is -0.495 e. The van der Waals surface area contributed by atoms with Crippen LogP contribution in [-0.4, -0.2) is 22.0 Å². The van der Waals surface area contributed by atoms with Crippen molar-refractivity contribution >= 4 is 17.2 Å². The Labute approximate surface area is 229 Å². The summed E-state index contributed by atoms with van der Waals surface area (Å²) in [6, 6.07) is 25.0. The van der Waals surface area contributed by atoms with Crippen molar-refractivity contribution in [1.29, 1.82) is 0 Å². The summed E-state index contributed by atoms with van der Waals surface area (Å²) in [6.07, 6.45) is 10.1. The lowest BCUT2D eigenvalue weighted by Gasteiger charge is -2.18. The average molecular weight is 516 g/mol. The highest BCUT2D eigenvalue weighted by Gasteiger charge is 2.30. The number of aromatic nitrogens is 2. The Hall–Kier alpha value is -4.25. The van der Waals surface area contributed by atoms with Gasteiger partial charge in [-0.15, -0.1) is 0 Å². The van der Waals surface area contributed by atoms with Gasteiger partial charge >= 0.3 is 0 Å². The minimum absolute atomic E-state index is 0.120. The molecule has 3 heterocycles. The van der Waals surface area contributed by atoms with Crippen LogP contribution in [0.25, 0.3) is 28.0 Å². The fourth-order valence-corrected chi connectivity index (χ4v) is 6.58. The van der Waals surface area contributed by atoms with Crippen molar-refractivity contribution < 1.29 is 9.53 Å². The van der Waals surface area contributed by atoms with Crippen LogP contribution < -0.4 is 10.1 Å². The van der Waals surface area contributed by atoms with E-state index in [1.165, 1.54) is 35.1 Å². The number of nitrogens with one attached hydrogen (secondary N) is 1. The van der Waals surface area contributed by atoms with E-state index in [1.54, 1.807) is 7.11 Å². The zero-order valence-electron chi connectivity index (χ0n) is 22.4. The smallest absolute Gasteiger partial charge is 0.273 e. The molecule has 39 heavy (non-hydrogen) atoms. The van der Waals surface area contributed by atoms with E-state index in [0.29, 0.717) is 17.1 Å². The second-order valence-corrected chi connectivity index (χ2v) is 10.7. The Morgan fingerprint density at radius 2 is 1.59 bits per heavy atom. The number of anilines is 1. The van der Waals surface area contributed by atoms with E-state index >= 15 is 0 Å². The number of fused-ring (bicyclic) bond motifs is 1. The number of methoxy groups -OCH3 is 1. The number of amides is 1. The number of para-hydroxylation sites is 2. The highest BCUT2D eigenvalue weighted by atomic mass is 16.5. The van der Waals surface area contributed by atoms with E-state index in [0.717, 1.165) is 61.1 Å².